The molecule has 0 saturated carbocycles. The van der Waals surface area contributed by atoms with Crippen molar-refractivity contribution in [3.8, 4) is 50.7 Å². The molecule has 4 aliphatic rings. The van der Waals surface area contributed by atoms with Gasteiger partial charge in [0.05, 0.1) is 30.0 Å². The van der Waals surface area contributed by atoms with Crippen molar-refractivity contribution in [2.24, 2.45) is 0 Å². The average molecular weight is 1110 g/mol. The summed E-state index contributed by atoms with van der Waals surface area (Å²) in [5.41, 5.74) is 4.54. The molecule has 8 rings (SSSR count). The number of carbonyl (C=O) groups excluding carboxylic acids is 3. The van der Waals surface area contributed by atoms with Gasteiger partial charge in [0.2, 0.25) is 11.3 Å². The molecule has 3 amide bonds. The SMILES string of the molecule is CN(C)c1ccc2c(-c3cc(C(=O)NCCCCCCNC(=O)CP(=O)([O-])OCCCCCCNC(=O)c4ccc(C(=O)O)c(-c5c6ccc(=O)cc-6oc6cc(O)ccc56)c4)ccc3C(=O)O)c3ccc(=[N+](C)C)cc-3oc2c1. The maximum absolute atomic E-state index is 13.5. The molecule has 4 aromatic rings. The smallest absolute Gasteiger partial charge is 0.336 e. The van der Waals surface area contributed by atoms with Crippen molar-refractivity contribution in [3.05, 3.63) is 147 Å². The summed E-state index contributed by atoms with van der Waals surface area (Å²) in [6.45, 7) is 0.781. The normalized spacial score (nSPS) is 12.1. The molecule has 416 valence electrons. The van der Waals surface area contributed by atoms with Gasteiger partial charge in [-0.3, -0.25) is 19.2 Å². The lowest BCUT2D eigenvalue weighted by molar-refractivity contribution is -0.198. The first-order chi connectivity index (χ1) is 38.3. The molecule has 80 heavy (non-hydrogen) atoms. The highest BCUT2D eigenvalue weighted by atomic mass is 31.2. The van der Waals surface area contributed by atoms with E-state index in [0.29, 0.717) is 107 Å². The zero-order chi connectivity index (χ0) is 57.3. The number of carboxylic acid groups (broad SMARTS) is 2. The number of aromatic carboxylic acids is 2. The molecule has 2 aliphatic carbocycles. The monoisotopic (exact) mass is 1110 g/mol. The van der Waals surface area contributed by atoms with Gasteiger partial charge in [-0.05, 0) is 116 Å². The molecule has 0 saturated heterocycles. The predicted molar refractivity (Wildman–Crippen MR) is 303 cm³/mol. The molecular weight excluding hydrogens is 1050 g/mol. The van der Waals surface area contributed by atoms with Crippen LogP contribution in [0.1, 0.15) is 92.8 Å². The molecular formula is C60H62N5O14P. The van der Waals surface area contributed by atoms with E-state index in [9.17, 15) is 53.5 Å². The predicted octanol–water partition coefficient (Wildman–Crippen LogP) is 8.25. The summed E-state index contributed by atoms with van der Waals surface area (Å²) in [6, 6.07) is 28.7. The number of amides is 3. The third-order valence-electron chi connectivity index (χ3n) is 13.7. The summed E-state index contributed by atoms with van der Waals surface area (Å²) in [6.07, 6.45) is 4.00. The van der Waals surface area contributed by atoms with Crippen LogP contribution in [0.4, 0.5) is 5.69 Å². The minimum atomic E-state index is -4.45. The van der Waals surface area contributed by atoms with Crippen LogP contribution in [0.3, 0.4) is 0 Å². The molecule has 0 aromatic heterocycles. The van der Waals surface area contributed by atoms with E-state index >= 15 is 0 Å². The fourth-order valence-electron chi connectivity index (χ4n) is 9.52. The number of hydrogen-bond acceptors (Lipinski definition) is 13. The van der Waals surface area contributed by atoms with Gasteiger partial charge in [0.15, 0.2) is 5.43 Å². The van der Waals surface area contributed by atoms with Gasteiger partial charge in [-0.1, -0.05) is 25.7 Å². The second kappa shape index (κ2) is 25.4. The largest absolute Gasteiger partial charge is 0.778 e. The van der Waals surface area contributed by atoms with Crippen LogP contribution in [0.5, 0.6) is 5.75 Å². The fraction of sp³-hybridized carbons (Fsp3) is 0.283. The Balaban J connectivity index is 0.737. The quantitative estimate of drug-likeness (QED) is 0.0144. The molecule has 0 spiro atoms. The maximum Gasteiger partial charge on any atom is 0.336 e. The summed E-state index contributed by atoms with van der Waals surface area (Å²) >= 11 is 0. The van der Waals surface area contributed by atoms with Crippen LogP contribution in [0.2, 0.25) is 0 Å². The second-order valence-corrected chi connectivity index (χ2v) is 21.7. The van der Waals surface area contributed by atoms with E-state index in [1.54, 1.807) is 12.1 Å². The Labute approximate surface area is 460 Å². The van der Waals surface area contributed by atoms with Crippen molar-refractivity contribution in [1.29, 1.82) is 0 Å². The molecule has 4 aromatic carbocycles. The number of benzene rings is 6. The van der Waals surface area contributed by atoms with Crippen molar-refractivity contribution < 1.29 is 62.1 Å². The number of unbranched alkanes of at least 4 members (excludes halogenated alkanes) is 6. The van der Waals surface area contributed by atoms with Crippen LogP contribution >= 0.6 is 7.60 Å². The second-order valence-electron chi connectivity index (χ2n) is 19.9. The number of aromatic hydroxyl groups is 1. The van der Waals surface area contributed by atoms with Crippen LogP contribution < -0.4 is 41.1 Å². The molecule has 0 bridgehead atoms. The maximum atomic E-state index is 13.5. The number of nitrogens with one attached hydrogen (secondary N) is 3. The third kappa shape index (κ3) is 13.8. The highest BCUT2D eigenvalue weighted by Gasteiger charge is 2.26. The number of phenolic OH excluding ortho intramolecular Hbond substituents is 1. The van der Waals surface area contributed by atoms with E-state index in [2.05, 4.69) is 16.0 Å². The van der Waals surface area contributed by atoms with Crippen LogP contribution in [0, 0.1) is 0 Å². The van der Waals surface area contributed by atoms with Crippen LogP contribution in [-0.4, -0.2) is 106 Å². The number of fused-ring (bicyclic) bond motifs is 4. The van der Waals surface area contributed by atoms with Crippen molar-refractivity contribution in [2.45, 2.75) is 51.4 Å². The van der Waals surface area contributed by atoms with Gasteiger partial charge in [0, 0.05) is 108 Å². The van der Waals surface area contributed by atoms with Crippen LogP contribution in [0.15, 0.2) is 123 Å². The van der Waals surface area contributed by atoms with Crippen molar-refractivity contribution in [1.82, 2.24) is 20.5 Å². The van der Waals surface area contributed by atoms with E-state index in [-0.39, 0.29) is 70.4 Å². The Morgan fingerprint density at radius 2 is 1.11 bits per heavy atom. The van der Waals surface area contributed by atoms with Gasteiger partial charge in [0.25, 0.3) is 11.8 Å². The molecule has 20 heteroatoms. The Morgan fingerprint density at radius 1 is 0.600 bits per heavy atom. The van der Waals surface area contributed by atoms with Gasteiger partial charge in [-0.25, -0.2) is 14.2 Å². The minimum Gasteiger partial charge on any atom is -0.778 e. The summed E-state index contributed by atoms with van der Waals surface area (Å²) in [5.74, 6) is -3.22. The number of carbonyl (C=O) groups is 5. The first-order valence-corrected chi connectivity index (χ1v) is 27.9. The van der Waals surface area contributed by atoms with Crippen LogP contribution in [-0.2, 0) is 13.9 Å². The number of carboxylic acids is 2. The Hall–Kier alpha value is -8.64. The standard InChI is InChI=1S/C60H62N5O14P/c1-64(2)38-15-21-44-50(31-38)78-51-32-39(65(3)4)16-22-45(51)55(44)48-29-36(13-19-42(48)59(71)72)57(69)62-26-10-6-5-9-25-61-54(68)35-80(75,76)77-28-12-8-7-11-27-63-58(70)37-14-20-43(60(73)74)49(30-37)56-46-23-17-40(66)33-52(46)79-53-34-41(67)18-24-47(53)56/h13-24,29-34H,5-12,25-28,35H2,1-4H3,(H6-,61,62,63,66,67,68,69,70,71,72,73,74,75,76). The van der Waals surface area contributed by atoms with E-state index in [4.69, 9.17) is 13.4 Å². The van der Waals surface area contributed by atoms with E-state index in [0.717, 1.165) is 17.5 Å². The molecule has 2 aliphatic heterocycles. The molecule has 1 unspecified atom stereocenters. The van der Waals surface area contributed by atoms with Gasteiger partial charge < -0.3 is 59.0 Å². The van der Waals surface area contributed by atoms with Crippen LogP contribution in [0.25, 0.3) is 66.8 Å². The van der Waals surface area contributed by atoms with Crippen molar-refractivity contribution in [2.75, 3.05) is 65.5 Å². The van der Waals surface area contributed by atoms with Crippen molar-refractivity contribution in [3.63, 3.8) is 0 Å². The lowest BCUT2D eigenvalue weighted by Gasteiger charge is -2.22. The minimum absolute atomic E-state index is 0.0364. The summed E-state index contributed by atoms with van der Waals surface area (Å²) in [5, 5.41) is 41.0. The molecule has 6 N–H and O–H groups in total. The van der Waals surface area contributed by atoms with Gasteiger partial charge in [0.1, 0.15) is 50.1 Å². The van der Waals surface area contributed by atoms with Crippen molar-refractivity contribution >= 4 is 64.9 Å². The zero-order valence-electron chi connectivity index (χ0n) is 44.8. The summed E-state index contributed by atoms with van der Waals surface area (Å²) in [7, 11) is 3.22. The van der Waals surface area contributed by atoms with Gasteiger partial charge in [-0.2, -0.15) is 0 Å². The summed E-state index contributed by atoms with van der Waals surface area (Å²) < 4.78 is 31.9. The molecule has 0 fully saturated rings. The lowest BCUT2D eigenvalue weighted by atomic mass is 9.89. The molecule has 0 radical (unpaired) electrons. The highest BCUT2D eigenvalue weighted by molar-refractivity contribution is 7.52. The fourth-order valence-corrected chi connectivity index (χ4v) is 10.5. The van der Waals surface area contributed by atoms with E-state index < -0.39 is 37.5 Å². The molecule has 2 heterocycles. The summed E-state index contributed by atoms with van der Waals surface area (Å²) in [4.78, 5) is 91.0. The number of phenols is 1. The van der Waals surface area contributed by atoms with E-state index in [1.165, 1.54) is 60.7 Å². The third-order valence-corrected chi connectivity index (χ3v) is 14.9. The number of rotatable bonds is 24. The number of hydrogen-bond donors (Lipinski definition) is 6. The topological polar surface area (TPSA) is 281 Å². The molecule has 1 atom stereocenters. The van der Waals surface area contributed by atoms with E-state index in [1.807, 2.05) is 74.1 Å². The average Bonchev–Trinajstić information content (AvgIpc) is 3.48. The first kappa shape index (κ1) is 57.5. The number of anilines is 1. The Morgan fingerprint density at radius 3 is 1.66 bits per heavy atom. The zero-order valence-corrected chi connectivity index (χ0v) is 45.7. The Bertz CT molecular complexity index is 3790. The highest BCUT2D eigenvalue weighted by Crippen LogP contribution is 2.44. The van der Waals surface area contributed by atoms with Gasteiger partial charge in [-0.15, -0.1) is 0 Å². The van der Waals surface area contributed by atoms with Gasteiger partial charge >= 0.3 is 11.9 Å². The Kier molecular flexibility index (Phi) is 18.3. The lowest BCUT2D eigenvalue weighted by Crippen LogP contribution is -2.29. The molecule has 19 nitrogen and oxygen atoms in total. The first-order valence-electron chi connectivity index (χ1n) is 26.2. The number of nitrogens with zero attached hydrogens (tertiary/aromatic N) is 2.